The van der Waals surface area contributed by atoms with E-state index in [1.54, 1.807) is 5.57 Å². The van der Waals surface area contributed by atoms with Crippen molar-refractivity contribution in [3.05, 3.63) is 35.5 Å². The Hall–Kier alpha value is -0.860. The van der Waals surface area contributed by atoms with Crippen LogP contribution in [0.2, 0.25) is 0 Å². The average molecular weight is 415 g/mol. The van der Waals surface area contributed by atoms with Crippen LogP contribution in [0.5, 0.6) is 0 Å². The lowest BCUT2D eigenvalue weighted by atomic mass is 9.60. The Morgan fingerprint density at radius 1 is 1.10 bits per heavy atom. The summed E-state index contributed by atoms with van der Waals surface area (Å²) < 4.78 is 0. The van der Waals surface area contributed by atoms with Gasteiger partial charge >= 0.3 is 0 Å². The van der Waals surface area contributed by atoms with Gasteiger partial charge in [0.15, 0.2) is 0 Å². The van der Waals surface area contributed by atoms with Crippen LogP contribution >= 0.6 is 0 Å². The quantitative estimate of drug-likeness (QED) is 0.500. The Kier molecular flexibility index (Phi) is 7.72. The molecule has 2 N–H and O–H groups in total. The number of rotatable bonds is 6. The minimum absolute atomic E-state index is 0.419. The van der Waals surface area contributed by atoms with Crippen molar-refractivity contribution in [3.8, 4) is 0 Å². The van der Waals surface area contributed by atoms with Gasteiger partial charge in [-0.2, -0.15) is 0 Å². The molecule has 170 valence electrons. The highest BCUT2D eigenvalue weighted by molar-refractivity contribution is 5.38. The topological polar surface area (TPSA) is 40.5 Å². The molecular weight excluding hydrogens is 368 g/mol. The van der Waals surface area contributed by atoms with Crippen molar-refractivity contribution in [1.29, 1.82) is 0 Å². The Labute approximate surface area is 185 Å². The largest absolute Gasteiger partial charge is 0.393 e. The van der Waals surface area contributed by atoms with Crippen LogP contribution in [0.1, 0.15) is 92.4 Å². The molecule has 3 saturated carbocycles. The normalized spacial score (nSPS) is 39.5. The van der Waals surface area contributed by atoms with Crippen molar-refractivity contribution >= 4 is 0 Å². The van der Waals surface area contributed by atoms with Crippen LogP contribution in [-0.4, -0.2) is 22.4 Å². The van der Waals surface area contributed by atoms with Crippen LogP contribution in [0.15, 0.2) is 35.5 Å². The smallest absolute Gasteiger partial charge is 0.0811 e. The van der Waals surface area contributed by atoms with Crippen molar-refractivity contribution in [1.82, 2.24) is 0 Å². The summed E-state index contributed by atoms with van der Waals surface area (Å²) in [6.07, 6.45) is 13.8. The van der Waals surface area contributed by atoms with Gasteiger partial charge in [0.25, 0.3) is 0 Å². The molecule has 0 radical (unpaired) electrons. The molecule has 0 aromatic carbocycles. The van der Waals surface area contributed by atoms with E-state index in [2.05, 4.69) is 53.3 Å². The number of aliphatic hydroxyl groups excluding tert-OH is 2. The van der Waals surface area contributed by atoms with E-state index in [1.165, 1.54) is 44.9 Å². The predicted molar refractivity (Wildman–Crippen MR) is 127 cm³/mol. The molecule has 3 aliphatic carbocycles. The molecule has 2 nitrogen and oxygen atoms in total. The lowest BCUT2D eigenvalue weighted by molar-refractivity contribution is 0.0861. The average Bonchev–Trinajstić information content (AvgIpc) is 3.04. The highest BCUT2D eigenvalue weighted by Gasteiger charge is 2.50. The van der Waals surface area contributed by atoms with Crippen molar-refractivity contribution < 1.29 is 10.2 Å². The first-order chi connectivity index (χ1) is 14.1. The Bertz CT molecular complexity index is 672. The zero-order chi connectivity index (χ0) is 22.1. The molecule has 3 aliphatic rings. The van der Waals surface area contributed by atoms with E-state index in [-0.39, 0.29) is 0 Å². The summed E-state index contributed by atoms with van der Waals surface area (Å²) in [5.74, 6) is 3.95. The summed E-state index contributed by atoms with van der Waals surface area (Å²) in [4.78, 5) is 0. The van der Waals surface area contributed by atoms with Crippen molar-refractivity contribution in [2.45, 2.75) is 105 Å². The molecule has 0 spiro atoms. The fourth-order valence-electron chi connectivity index (χ4n) is 6.74. The summed E-state index contributed by atoms with van der Waals surface area (Å²) in [6, 6.07) is 0. The fraction of sp³-hybridized carbons (Fsp3) is 0.786. The van der Waals surface area contributed by atoms with E-state index in [0.717, 1.165) is 34.8 Å². The van der Waals surface area contributed by atoms with E-state index in [1.807, 2.05) is 0 Å². The van der Waals surface area contributed by atoms with Crippen molar-refractivity contribution in [2.75, 3.05) is 0 Å². The molecule has 7 atom stereocenters. The van der Waals surface area contributed by atoms with Gasteiger partial charge in [-0.25, -0.2) is 0 Å². The van der Waals surface area contributed by atoms with Gasteiger partial charge in [0.1, 0.15) is 0 Å². The number of fused-ring (bicyclic) bond motifs is 1. The Morgan fingerprint density at radius 3 is 2.53 bits per heavy atom. The summed E-state index contributed by atoms with van der Waals surface area (Å²) in [5, 5.41) is 20.2. The van der Waals surface area contributed by atoms with Crippen molar-refractivity contribution in [3.63, 3.8) is 0 Å². The molecule has 2 unspecified atom stereocenters. The zero-order valence-electron chi connectivity index (χ0n) is 20.2. The maximum atomic E-state index is 10.1. The second-order valence-corrected chi connectivity index (χ2v) is 11.4. The number of hydrogen-bond donors (Lipinski definition) is 2. The van der Waals surface area contributed by atoms with Gasteiger partial charge in [0.05, 0.1) is 12.2 Å². The van der Waals surface area contributed by atoms with E-state index in [0.29, 0.717) is 24.2 Å². The van der Waals surface area contributed by atoms with Gasteiger partial charge in [-0.05, 0) is 84.7 Å². The highest BCUT2D eigenvalue weighted by Crippen LogP contribution is 2.60. The molecule has 0 saturated heterocycles. The monoisotopic (exact) mass is 414 g/mol. The molecule has 30 heavy (non-hydrogen) atoms. The number of hydrogen-bond acceptors (Lipinski definition) is 2. The molecule has 0 aromatic rings. The molecule has 2 heteroatoms. The molecule has 0 amide bonds. The predicted octanol–water partition coefficient (Wildman–Crippen LogP) is 6.84. The van der Waals surface area contributed by atoms with Crippen molar-refractivity contribution in [2.24, 2.45) is 35.0 Å². The van der Waals surface area contributed by atoms with Gasteiger partial charge in [0, 0.05) is 6.42 Å². The zero-order valence-corrected chi connectivity index (χ0v) is 20.2. The summed E-state index contributed by atoms with van der Waals surface area (Å²) in [5.41, 5.74) is 3.87. The Balaban J connectivity index is 1.72. The van der Waals surface area contributed by atoms with Gasteiger partial charge in [0.2, 0.25) is 0 Å². The third kappa shape index (κ3) is 4.96. The summed E-state index contributed by atoms with van der Waals surface area (Å²) >= 11 is 0. The third-order valence-electron chi connectivity index (χ3n) is 9.20. The van der Waals surface area contributed by atoms with Crippen LogP contribution in [-0.2, 0) is 0 Å². The lowest BCUT2D eigenvalue weighted by Crippen LogP contribution is -2.36. The number of aliphatic hydroxyl groups is 2. The molecule has 0 bridgehead atoms. The van der Waals surface area contributed by atoms with Gasteiger partial charge < -0.3 is 10.2 Å². The van der Waals surface area contributed by atoms with Gasteiger partial charge in [-0.3, -0.25) is 0 Å². The maximum absolute atomic E-state index is 10.1. The molecule has 3 fully saturated rings. The third-order valence-corrected chi connectivity index (χ3v) is 9.20. The van der Waals surface area contributed by atoms with Gasteiger partial charge in [-0.15, -0.1) is 0 Å². The standard InChI is InChI=1S/C28H46O2/c1-18(2)19(3)9-10-20(4)25-13-14-26-22(8-7-15-28(25,26)6)11-12-23-16-24(29)17-27(30)21(23)5/h11-12,18-20,24-27,29-30H,5,7-10,13-17H2,1-4,6H3/b22-11+,23-12-/t19?,20-,24+,25?,26+,27+,28-/m1/s1. The van der Waals surface area contributed by atoms with E-state index >= 15 is 0 Å². The van der Waals surface area contributed by atoms with Crippen LogP contribution in [0.3, 0.4) is 0 Å². The fourth-order valence-corrected chi connectivity index (χ4v) is 6.74. The molecule has 0 aliphatic heterocycles. The molecule has 3 rings (SSSR count). The molecule has 0 aromatic heterocycles. The number of allylic oxidation sites excluding steroid dienone is 3. The van der Waals surface area contributed by atoms with Gasteiger partial charge in [-0.1, -0.05) is 71.8 Å². The van der Waals surface area contributed by atoms with Crippen LogP contribution in [0, 0.1) is 35.0 Å². The maximum Gasteiger partial charge on any atom is 0.0811 e. The molecular formula is C28H46O2. The SMILES string of the molecule is C=C1/C(=C\C=C2/CCC[C@]3(C)C([C@H](C)CCC(C)C(C)C)CC[C@@H]23)C[C@H](O)C[C@@H]1O. The summed E-state index contributed by atoms with van der Waals surface area (Å²) in [7, 11) is 0. The molecule has 0 heterocycles. The first kappa shape index (κ1) is 23.8. The first-order valence-corrected chi connectivity index (χ1v) is 12.6. The Morgan fingerprint density at radius 2 is 1.83 bits per heavy atom. The highest BCUT2D eigenvalue weighted by atomic mass is 16.3. The second kappa shape index (κ2) is 9.74. The van der Waals surface area contributed by atoms with Crippen LogP contribution < -0.4 is 0 Å². The van der Waals surface area contributed by atoms with Crippen LogP contribution in [0.25, 0.3) is 0 Å². The van der Waals surface area contributed by atoms with Crippen LogP contribution in [0.4, 0.5) is 0 Å². The minimum atomic E-state index is -0.597. The lowest BCUT2D eigenvalue weighted by Gasteiger charge is -2.44. The van der Waals surface area contributed by atoms with E-state index in [4.69, 9.17) is 0 Å². The summed E-state index contributed by atoms with van der Waals surface area (Å²) in [6.45, 7) is 16.3. The second-order valence-electron chi connectivity index (χ2n) is 11.4. The van der Waals surface area contributed by atoms with E-state index in [9.17, 15) is 10.2 Å². The van der Waals surface area contributed by atoms with E-state index < -0.39 is 12.2 Å². The minimum Gasteiger partial charge on any atom is -0.393 e. The first-order valence-electron chi connectivity index (χ1n) is 12.6.